The Morgan fingerprint density at radius 3 is 2.83 bits per heavy atom. The summed E-state index contributed by atoms with van der Waals surface area (Å²) in [5.74, 6) is 0. The highest BCUT2D eigenvalue weighted by molar-refractivity contribution is 5.17. The van der Waals surface area contributed by atoms with Crippen molar-refractivity contribution in [1.82, 2.24) is 4.90 Å². The van der Waals surface area contributed by atoms with Gasteiger partial charge in [-0.3, -0.25) is 4.90 Å². The molecule has 0 saturated carbocycles. The van der Waals surface area contributed by atoms with Gasteiger partial charge in [0.15, 0.2) is 0 Å². The molecule has 0 aromatic heterocycles. The van der Waals surface area contributed by atoms with E-state index in [2.05, 4.69) is 11.0 Å². The van der Waals surface area contributed by atoms with Gasteiger partial charge in [0.25, 0.3) is 0 Å². The maximum atomic E-state index is 8.50. The highest BCUT2D eigenvalue weighted by Crippen LogP contribution is 1.98. The van der Waals surface area contributed by atoms with Gasteiger partial charge in [0.2, 0.25) is 0 Å². The molecule has 1 heterocycles. The van der Waals surface area contributed by atoms with Crippen molar-refractivity contribution >= 4 is 0 Å². The van der Waals surface area contributed by atoms with Gasteiger partial charge in [0.1, 0.15) is 0 Å². The molecule has 1 fully saturated rings. The van der Waals surface area contributed by atoms with E-state index in [-0.39, 0.29) is 0 Å². The lowest BCUT2D eigenvalue weighted by molar-refractivity contribution is 0.0434. The number of nitrogens with zero attached hydrogens (tertiary/aromatic N) is 2. The number of ether oxygens (including phenoxy) is 1. The highest BCUT2D eigenvalue weighted by Gasteiger charge is 2.07. The third-order valence-corrected chi connectivity index (χ3v) is 1.94. The molecule has 0 amide bonds. The van der Waals surface area contributed by atoms with E-state index in [1.54, 1.807) is 0 Å². The van der Waals surface area contributed by atoms with Gasteiger partial charge in [-0.25, -0.2) is 0 Å². The molecule has 0 bridgehead atoms. The van der Waals surface area contributed by atoms with Gasteiger partial charge in [-0.15, -0.1) is 0 Å². The zero-order valence-corrected chi connectivity index (χ0v) is 7.42. The zero-order chi connectivity index (χ0) is 8.81. The summed E-state index contributed by atoms with van der Waals surface area (Å²) in [6.45, 7) is 6.31. The van der Waals surface area contributed by atoms with Crippen molar-refractivity contribution in [3.63, 3.8) is 0 Å². The lowest BCUT2D eigenvalue weighted by Crippen LogP contribution is -2.36. The third-order valence-electron chi connectivity index (χ3n) is 1.94. The largest absolute Gasteiger partial charge is 0.379 e. The van der Waals surface area contributed by atoms with E-state index in [0.717, 1.165) is 38.4 Å². The van der Waals surface area contributed by atoms with E-state index in [1.165, 1.54) is 0 Å². The molecule has 0 spiro atoms. The maximum absolute atomic E-state index is 8.50. The molecule has 1 saturated heterocycles. The molecule has 3 nitrogen and oxygen atoms in total. The number of allylic oxidation sites excluding steroid dienone is 1. The van der Waals surface area contributed by atoms with Crippen LogP contribution in [0.1, 0.15) is 6.92 Å². The third kappa shape index (κ3) is 3.04. The Morgan fingerprint density at radius 1 is 1.58 bits per heavy atom. The van der Waals surface area contributed by atoms with Crippen molar-refractivity contribution in [3.8, 4) is 6.07 Å². The summed E-state index contributed by atoms with van der Waals surface area (Å²) < 4.78 is 5.21. The van der Waals surface area contributed by atoms with E-state index >= 15 is 0 Å². The molecule has 0 radical (unpaired) electrons. The Balaban J connectivity index is 2.26. The van der Waals surface area contributed by atoms with Crippen molar-refractivity contribution in [1.29, 1.82) is 5.26 Å². The summed E-state index contributed by atoms with van der Waals surface area (Å²) in [4.78, 5) is 2.28. The molecule has 3 heteroatoms. The van der Waals surface area contributed by atoms with E-state index in [1.807, 2.05) is 13.0 Å². The lowest BCUT2D eigenvalue weighted by Gasteiger charge is -2.25. The molecule has 0 aromatic rings. The first-order chi connectivity index (χ1) is 5.83. The molecule has 0 aliphatic carbocycles. The molecule has 1 aliphatic heterocycles. The van der Waals surface area contributed by atoms with Crippen LogP contribution in [0.25, 0.3) is 0 Å². The van der Waals surface area contributed by atoms with Crippen LogP contribution in [0, 0.1) is 11.3 Å². The molecule has 12 heavy (non-hydrogen) atoms. The average Bonchev–Trinajstić information content (AvgIpc) is 2.16. The summed E-state index contributed by atoms with van der Waals surface area (Å²) in [5, 5.41) is 8.50. The quantitative estimate of drug-likeness (QED) is 0.569. The van der Waals surface area contributed by atoms with Crippen LogP contribution in [0.4, 0.5) is 0 Å². The van der Waals surface area contributed by atoms with Crippen molar-refractivity contribution in [2.45, 2.75) is 6.92 Å². The van der Waals surface area contributed by atoms with E-state index in [4.69, 9.17) is 10.00 Å². The second-order valence-corrected chi connectivity index (χ2v) is 2.91. The molecule has 1 rings (SSSR count). The Labute approximate surface area is 73.2 Å². The van der Waals surface area contributed by atoms with Crippen LogP contribution >= 0.6 is 0 Å². The van der Waals surface area contributed by atoms with E-state index in [0.29, 0.717) is 0 Å². The fraction of sp³-hybridized carbons (Fsp3) is 0.667. The van der Waals surface area contributed by atoms with Crippen molar-refractivity contribution in [2.75, 3.05) is 32.8 Å². The molecule has 0 N–H and O–H groups in total. The standard InChI is InChI=1S/C9H14N2O/c1-9(8-10)2-3-11-4-6-12-7-5-11/h2H,3-7H2,1H3/b9-2-. The van der Waals surface area contributed by atoms with Crippen LogP contribution in [0.2, 0.25) is 0 Å². The van der Waals surface area contributed by atoms with Crippen LogP contribution in [0.3, 0.4) is 0 Å². The summed E-state index contributed by atoms with van der Waals surface area (Å²) in [6.07, 6.45) is 1.96. The molecular formula is C9H14N2O. The number of nitriles is 1. The smallest absolute Gasteiger partial charge is 0.0941 e. The van der Waals surface area contributed by atoms with E-state index < -0.39 is 0 Å². The summed E-state index contributed by atoms with van der Waals surface area (Å²) in [6, 6.07) is 2.11. The van der Waals surface area contributed by atoms with Crippen molar-refractivity contribution in [3.05, 3.63) is 11.6 Å². The first-order valence-electron chi connectivity index (χ1n) is 4.20. The highest BCUT2D eigenvalue weighted by atomic mass is 16.5. The number of morpholine rings is 1. The minimum atomic E-state index is 0.793. The Bertz CT molecular complexity index is 199. The fourth-order valence-electron chi connectivity index (χ4n) is 1.10. The van der Waals surface area contributed by atoms with Crippen LogP contribution in [0.15, 0.2) is 11.6 Å². The first-order valence-corrected chi connectivity index (χ1v) is 4.20. The molecule has 0 unspecified atom stereocenters. The van der Waals surface area contributed by atoms with Crippen molar-refractivity contribution in [2.24, 2.45) is 0 Å². The van der Waals surface area contributed by atoms with Crippen LogP contribution < -0.4 is 0 Å². The molecular weight excluding hydrogens is 152 g/mol. The van der Waals surface area contributed by atoms with Crippen molar-refractivity contribution < 1.29 is 4.74 Å². The average molecular weight is 166 g/mol. The second-order valence-electron chi connectivity index (χ2n) is 2.91. The molecule has 1 aliphatic rings. The van der Waals surface area contributed by atoms with Gasteiger partial charge in [-0.1, -0.05) is 6.08 Å². The number of rotatable bonds is 2. The molecule has 0 atom stereocenters. The number of hydrogen-bond acceptors (Lipinski definition) is 3. The summed E-state index contributed by atoms with van der Waals surface area (Å²) in [5.41, 5.74) is 0.793. The number of hydrogen-bond donors (Lipinski definition) is 0. The Kier molecular flexibility index (Phi) is 3.78. The minimum Gasteiger partial charge on any atom is -0.379 e. The first kappa shape index (κ1) is 9.24. The van der Waals surface area contributed by atoms with Crippen LogP contribution in [0.5, 0.6) is 0 Å². The van der Waals surface area contributed by atoms with E-state index in [9.17, 15) is 0 Å². The molecule has 0 aromatic carbocycles. The predicted molar refractivity (Wildman–Crippen MR) is 46.6 cm³/mol. The van der Waals surface area contributed by atoms with Crippen LogP contribution in [-0.2, 0) is 4.74 Å². The summed E-state index contributed by atoms with van der Waals surface area (Å²) >= 11 is 0. The minimum absolute atomic E-state index is 0.793. The molecule has 66 valence electrons. The lowest BCUT2D eigenvalue weighted by atomic mass is 10.3. The van der Waals surface area contributed by atoms with Gasteiger partial charge < -0.3 is 4.74 Å². The topological polar surface area (TPSA) is 36.3 Å². The normalized spacial score (nSPS) is 20.5. The zero-order valence-electron chi connectivity index (χ0n) is 7.42. The van der Waals surface area contributed by atoms with Crippen LogP contribution in [-0.4, -0.2) is 37.7 Å². The SMILES string of the molecule is C/C(C#N)=C/CN1CCOCC1. The van der Waals surface area contributed by atoms with Gasteiger partial charge in [-0.2, -0.15) is 5.26 Å². The second kappa shape index (κ2) is 4.91. The Morgan fingerprint density at radius 2 is 2.25 bits per heavy atom. The van der Waals surface area contributed by atoms with Gasteiger partial charge in [0, 0.05) is 25.2 Å². The summed E-state index contributed by atoms with van der Waals surface area (Å²) in [7, 11) is 0. The fourth-order valence-corrected chi connectivity index (χ4v) is 1.10. The monoisotopic (exact) mass is 166 g/mol. The van der Waals surface area contributed by atoms with Gasteiger partial charge in [-0.05, 0) is 6.92 Å². The van der Waals surface area contributed by atoms with Gasteiger partial charge in [0.05, 0.1) is 19.3 Å². The maximum Gasteiger partial charge on any atom is 0.0941 e. The van der Waals surface area contributed by atoms with Gasteiger partial charge >= 0.3 is 0 Å². The predicted octanol–water partition coefficient (Wildman–Crippen LogP) is 0.788. The Hall–Kier alpha value is -0.850.